The molecule has 4 rings (SSSR count). The van der Waals surface area contributed by atoms with E-state index in [1.165, 1.54) is 18.4 Å². The van der Waals surface area contributed by atoms with Gasteiger partial charge in [0.15, 0.2) is 5.76 Å². The molecule has 2 fully saturated rings. The number of nitrogens with one attached hydrogen (secondary N) is 1. The average molecular weight is 383 g/mol. The van der Waals surface area contributed by atoms with Crippen LogP contribution in [0.5, 0.6) is 5.75 Å². The standard InChI is InChI=1S/C23H30N2O3/c1-16-3-7-21(17(2)13-16)27-15-20-6-8-22(28-20)23(26)25-11-9-19(10-12-25)24-14-18-4-5-18/h3,6-8,13,18-19,24H,4-5,9-12,14-15H2,1-2H3. The maximum atomic E-state index is 12.7. The van der Waals surface area contributed by atoms with E-state index in [9.17, 15) is 4.79 Å². The Bertz CT molecular complexity index is 817. The molecule has 0 radical (unpaired) electrons. The van der Waals surface area contributed by atoms with E-state index in [0.29, 0.717) is 24.2 Å². The van der Waals surface area contributed by atoms with Crippen molar-refractivity contribution in [3.63, 3.8) is 0 Å². The van der Waals surface area contributed by atoms with Gasteiger partial charge in [0.2, 0.25) is 0 Å². The van der Waals surface area contributed by atoms with E-state index in [4.69, 9.17) is 9.15 Å². The first-order chi connectivity index (χ1) is 13.6. The highest BCUT2D eigenvalue weighted by Crippen LogP contribution is 2.28. The molecule has 0 unspecified atom stereocenters. The number of benzene rings is 1. The van der Waals surface area contributed by atoms with Gasteiger partial charge in [0.25, 0.3) is 5.91 Å². The van der Waals surface area contributed by atoms with Crippen LogP contribution in [-0.4, -0.2) is 36.5 Å². The van der Waals surface area contributed by atoms with Crippen LogP contribution in [0.25, 0.3) is 0 Å². The number of amides is 1. The molecule has 1 saturated carbocycles. The van der Waals surface area contributed by atoms with Crippen LogP contribution < -0.4 is 10.1 Å². The van der Waals surface area contributed by atoms with Crippen molar-refractivity contribution in [1.82, 2.24) is 10.2 Å². The molecule has 2 aromatic rings. The van der Waals surface area contributed by atoms with E-state index in [0.717, 1.165) is 49.7 Å². The van der Waals surface area contributed by atoms with Crippen LogP contribution in [0.1, 0.15) is 53.1 Å². The molecule has 1 N–H and O–H groups in total. The van der Waals surface area contributed by atoms with E-state index in [-0.39, 0.29) is 5.91 Å². The highest BCUT2D eigenvalue weighted by atomic mass is 16.5. The minimum atomic E-state index is -0.0154. The van der Waals surface area contributed by atoms with Gasteiger partial charge in [-0.25, -0.2) is 0 Å². The molecule has 0 spiro atoms. The molecule has 5 heteroatoms. The van der Waals surface area contributed by atoms with Crippen molar-refractivity contribution >= 4 is 5.91 Å². The fourth-order valence-corrected chi connectivity index (χ4v) is 3.78. The SMILES string of the molecule is Cc1ccc(OCc2ccc(C(=O)N3CCC(NCC4CC4)CC3)o2)c(C)c1. The number of ether oxygens (including phenoxy) is 1. The first-order valence-corrected chi connectivity index (χ1v) is 10.4. The zero-order chi connectivity index (χ0) is 19.5. The Hall–Kier alpha value is -2.27. The summed E-state index contributed by atoms with van der Waals surface area (Å²) in [7, 11) is 0. The molecular weight excluding hydrogens is 352 g/mol. The second-order valence-electron chi connectivity index (χ2n) is 8.24. The topological polar surface area (TPSA) is 54.7 Å². The summed E-state index contributed by atoms with van der Waals surface area (Å²) in [5.41, 5.74) is 2.31. The summed E-state index contributed by atoms with van der Waals surface area (Å²) in [6.45, 7) is 7.13. The van der Waals surface area contributed by atoms with Gasteiger partial charge in [-0.15, -0.1) is 0 Å². The second-order valence-corrected chi connectivity index (χ2v) is 8.24. The number of furan rings is 1. The van der Waals surface area contributed by atoms with Crippen molar-refractivity contribution in [1.29, 1.82) is 0 Å². The van der Waals surface area contributed by atoms with Crippen molar-refractivity contribution in [3.05, 3.63) is 53.0 Å². The maximum absolute atomic E-state index is 12.7. The summed E-state index contributed by atoms with van der Waals surface area (Å²) >= 11 is 0. The van der Waals surface area contributed by atoms with Crippen LogP contribution in [0.2, 0.25) is 0 Å². The molecule has 1 aliphatic carbocycles. The number of rotatable bonds is 7. The molecule has 2 heterocycles. The minimum absolute atomic E-state index is 0.0154. The van der Waals surface area contributed by atoms with Gasteiger partial charge in [-0.3, -0.25) is 4.79 Å². The van der Waals surface area contributed by atoms with Crippen molar-refractivity contribution in [2.75, 3.05) is 19.6 Å². The first-order valence-electron chi connectivity index (χ1n) is 10.4. The van der Waals surface area contributed by atoms with Crippen LogP contribution in [0, 0.1) is 19.8 Å². The maximum Gasteiger partial charge on any atom is 0.289 e. The van der Waals surface area contributed by atoms with Crippen molar-refractivity contribution in [2.24, 2.45) is 5.92 Å². The van der Waals surface area contributed by atoms with E-state index in [1.807, 2.05) is 30.0 Å². The van der Waals surface area contributed by atoms with Gasteiger partial charge in [-0.2, -0.15) is 0 Å². The third-order valence-electron chi connectivity index (χ3n) is 5.75. The van der Waals surface area contributed by atoms with E-state index >= 15 is 0 Å². The molecule has 2 aliphatic rings. The lowest BCUT2D eigenvalue weighted by Crippen LogP contribution is -2.45. The van der Waals surface area contributed by atoms with Gasteiger partial charge in [-0.05, 0) is 75.8 Å². The summed E-state index contributed by atoms with van der Waals surface area (Å²) in [5.74, 6) is 2.80. The van der Waals surface area contributed by atoms with Crippen molar-refractivity contribution in [3.8, 4) is 5.75 Å². The van der Waals surface area contributed by atoms with Crippen LogP contribution in [0.15, 0.2) is 34.7 Å². The number of aryl methyl sites for hydroxylation is 2. The Labute approximate surface area is 167 Å². The number of hydrogen-bond acceptors (Lipinski definition) is 4. The summed E-state index contributed by atoms with van der Waals surface area (Å²) in [4.78, 5) is 14.6. The summed E-state index contributed by atoms with van der Waals surface area (Å²) in [6, 6.07) is 10.2. The van der Waals surface area contributed by atoms with Gasteiger partial charge in [0.1, 0.15) is 18.1 Å². The highest BCUT2D eigenvalue weighted by Gasteiger charge is 2.27. The molecule has 1 aromatic carbocycles. The molecular formula is C23H30N2O3. The Morgan fingerprint density at radius 3 is 2.64 bits per heavy atom. The number of carbonyl (C=O) groups is 1. The van der Waals surface area contributed by atoms with Gasteiger partial charge in [-0.1, -0.05) is 17.7 Å². The Balaban J connectivity index is 1.27. The second kappa shape index (κ2) is 8.39. The quantitative estimate of drug-likeness (QED) is 0.784. The van der Waals surface area contributed by atoms with E-state index in [2.05, 4.69) is 18.3 Å². The summed E-state index contributed by atoms with van der Waals surface area (Å²) in [5, 5.41) is 3.65. The van der Waals surface area contributed by atoms with Gasteiger partial charge in [0, 0.05) is 19.1 Å². The summed E-state index contributed by atoms with van der Waals surface area (Å²) < 4.78 is 11.6. The van der Waals surface area contributed by atoms with Crippen LogP contribution >= 0.6 is 0 Å². The van der Waals surface area contributed by atoms with Crippen LogP contribution in [-0.2, 0) is 6.61 Å². The lowest BCUT2D eigenvalue weighted by Gasteiger charge is -2.32. The lowest BCUT2D eigenvalue weighted by atomic mass is 10.0. The molecule has 1 saturated heterocycles. The van der Waals surface area contributed by atoms with Gasteiger partial charge < -0.3 is 19.4 Å². The lowest BCUT2D eigenvalue weighted by molar-refractivity contribution is 0.0669. The average Bonchev–Trinajstić information content (AvgIpc) is 3.41. The predicted molar refractivity (Wildman–Crippen MR) is 109 cm³/mol. The molecule has 150 valence electrons. The van der Waals surface area contributed by atoms with E-state index < -0.39 is 0 Å². The smallest absolute Gasteiger partial charge is 0.289 e. The van der Waals surface area contributed by atoms with Crippen LogP contribution in [0.3, 0.4) is 0 Å². The number of piperidine rings is 1. The zero-order valence-electron chi connectivity index (χ0n) is 16.9. The molecule has 5 nitrogen and oxygen atoms in total. The zero-order valence-corrected chi connectivity index (χ0v) is 16.9. The minimum Gasteiger partial charge on any atom is -0.485 e. The normalized spacial score (nSPS) is 17.7. The molecule has 0 bridgehead atoms. The molecule has 1 aliphatic heterocycles. The number of carbonyl (C=O) groups excluding carboxylic acids is 1. The van der Waals surface area contributed by atoms with Gasteiger partial charge in [0.05, 0.1) is 0 Å². The Morgan fingerprint density at radius 1 is 1.14 bits per heavy atom. The number of hydrogen-bond donors (Lipinski definition) is 1. The Morgan fingerprint density at radius 2 is 1.93 bits per heavy atom. The van der Waals surface area contributed by atoms with Crippen molar-refractivity contribution in [2.45, 2.75) is 52.2 Å². The molecule has 1 aromatic heterocycles. The summed E-state index contributed by atoms with van der Waals surface area (Å²) in [6.07, 6.45) is 4.78. The molecule has 28 heavy (non-hydrogen) atoms. The molecule has 0 atom stereocenters. The highest BCUT2D eigenvalue weighted by molar-refractivity contribution is 5.91. The van der Waals surface area contributed by atoms with E-state index in [1.54, 1.807) is 6.07 Å². The largest absolute Gasteiger partial charge is 0.485 e. The fourth-order valence-electron chi connectivity index (χ4n) is 3.78. The monoisotopic (exact) mass is 382 g/mol. The predicted octanol–water partition coefficient (Wildman–Crippen LogP) is 4.08. The van der Waals surface area contributed by atoms with Crippen molar-refractivity contribution < 1.29 is 13.9 Å². The first kappa shape index (κ1) is 19.1. The Kier molecular flexibility index (Phi) is 5.72. The molecule has 1 amide bonds. The fraction of sp³-hybridized carbons (Fsp3) is 0.522. The van der Waals surface area contributed by atoms with Crippen LogP contribution in [0.4, 0.5) is 0 Å². The third kappa shape index (κ3) is 4.76. The van der Waals surface area contributed by atoms with Gasteiger partial charge >= 0.3 is 0 Å². The number of nitrogens with zero attached hydrogens (tertiary/aromatic N) is 1. The third-order valence-corrected chi connectivity index (χ3v) is 5.75. The number of likely N-dealkylation sites (tertiary alicyclic amines) is 1.